The number of hydrogen-bond donors (Lipinski definition) is 3. The van der Waals surface area contributed by atoms with Gasteiger partial charge < -0.3 is 20.2 Å². The zero-order chi connectivity index (χ0) is 27.1. The van der Waals surface area contributed by atoms with Crippen molar-refractivity contribution in [2.45, 2.75) is 25.6 Å². The number of rotatable bonds is 3. The first-order valence-corrected chi connectivity index (χ1v) is 13.3. The highest BCUT2D eigenvalue weighted by atomic mass is 35.5. The van der Waals surface area contributed by atoms with Crippen LogP contribution in [0, 0.1) is 0 Å². The number of para-hydroxylation sites is 2. The number of nitrogens with zero attached hydrogens (tertiary/aromatic N) is 3. The second-order valence-electron chi connectivity index (χ2n) is 10.6. The largest absolute Gasteiger partial charge is 0.353 e. The summed E-state index contributed by atoms with van der Waals surface area (Å²) in [6.07, 6.45) is 3.84. The fourth-order valence-corrected chi connectivity index (χ4v) is 6.65. The SMILES string of the molecule is Cl.Cl.N[C@@H](Cc1cccnc1)C(=O)N1CCn2c3c(cccc3c3c4c(c5c6ccccc6[nH]c5c32)C(=O)NC4=O)C1. The molecule has 0 radical (unpaired) electrons. The number of imide groups is 1. The van der Waals surface area contributed by atoms with Crippen LogP contribution in [0.5, 0.6) is 0 Å². The molecular weight excluding hydrogens is 575 g/mol. The first-order chi connectivity index (χ1) is 19.5. The number of halogens is 2. The Morgan fingerprint density at radius 2 is 1.67 bits per heavy atom. The van der Waals surface area contributed by atoms with Crippen LogP contribution in [0.25, 0.3) is 43.6 Å². The molecule has 5 heterocycles. The van der Waals surface area contributed by atoms with Gasteiger partial charge >= 0.3 is 0 Å². The van der Waals surface area contributed by atoms with Crippen molar-refractivity contribution in [2.75, 3.05) is 6.54 Å². The van der Waals surface area contributed by atoms with Crippen LogP contribution in [-0.4, -0.2) is 49.7 Å². The van der Waals surface area contributed by atoms with Crippen LogP contribution in [0.3, 0.4) is 0 Å². The van der Waals surface area contributed by atoms with Crippen molar-refractivity contribution in [2.24, 2.45) is 5.73 Å². The molecule has 3 aromatic heterocycles. The Bertz CT molecular complexity index is 2090. The summed E-state index contributed by atoms with van der Waals surface area (Å²) in [5.74, 6) is -0.866. The summed E-state index contributed by atoms with van der Waals surface area (Å²) < 4.78 is 2.20. The van der Waals surface area contributed by atoms with Crippen molar-refractivity contribution >= 4 is 86.1 Å². The van der Waals surface area contributed by atoms with Crippen LogP contribution >= 0.6 is 24.8 Å². The van der Waals surface area contributed by atoms with E-state index in [1.54, 1.807) is 12.4 Å². The number of aromatic nitrogens is 3. The fourth-order valence-electron chi connectivity index (χ4n) is 6.65. The second-order valence-corrected chi connectivity index (χ2v) is 10.6. The van der Waals surface area contributed by atoms with Crippen molar-refractivity contribution in [3.05, 3.63) is 89.2 Å². The molecule has 0 aliphatic carbocycles. The number of H-pyrrole nitrogens is 1. The molecule has 212 valence electrons. The van der Waals surface area contributed by atoms with Crippen LogP contribution in [0.4, 0.5) is 0 Å². The molecule has 11 heteroatoms. The van der Waals surface area contributed by atoms with Gasteiger partial charge in [0.1, 0.15) is 0 Å². The molecule has 42 heavy (non-hydrogen) atoms. The Hall–Kier alpha value is -4.44. The van der Waals surface area contributed by atoms with Crippen LogP contribution in [0.2, 0.25) is 0 Å². The fraction of sp³-hybridized carbons (Fsp3) is 0.161. The maximum Gasteiger partial charge on any atom is 0.259 e. The van der Waals surface area contributed by atoms with Crippen LogP contribution in [0.1, 0.15) is 31.8 Å². The predicted octanol–water partition coefficient (Wildman–Crippen LogP) is 4.46. The molecular formula is C31H26Cl2N6O3. The number of nitrogens with two attached hydrogens (primary N) is 1. The van der Waals surface area contributed by atoms with Crippen LogP contribution in [0.15, 0.2) is 67.0 Å². The number of amides is 3. The summed E-state index contributed by atoms with van der Waals surface area (Å²) in [7, 11) is 0. The molecule has 0 saturated carbocycles. The van der Waals surface area contributed by atoms with Crippen LogP contribution < -0.4 is 11.1 Å². The smallest absolute Gasteiger partial charge is 0.259 e. The lowest BCUT2D eigenvalue weighted by atomic mass is 9.96. The van der Waals surface area contributed by atoms with E-state index >= 15 is 0 Å². The monoisotopic (exact) mass is 600 g/mol. The minimum absolute atomic E-state index is 0. The van der Waals surface area contributed by atoms with Crippen molar-refractivity contribution in [3.63, 3.8) is 0 Å². The molecule has 0 bridgehead atoms. The van der Waals surface area contributed by atoms with Gasteiger partial charge in [0.2, 0.25) is 5.91 Å². The zero-order valence-corrected chi connectivity index (χ0v) is 23.8. The number of fused-ring (bicyclic) bond motifs is 10. The Morgan fingerprint density at radius 3 is 2.45 bits per heavy atom. The average Bonchev–Trinajstić information content (AvgIpc) is 3.54. The quantitative estimate of drug-likeness (QED) is 0.258. The summed E-state index contributed by atoms with van der Waals surface area (Å²) in [6.45, 7) is 1.37. The van der Waals surface area contributed by atoms with Gasteiger partial charge in [-0.05, 0) is 29.7 Å². The van der Waals surface area contributed by atoms with Crippen molar-refractivity contribution in [1.29, 1.82) is 0 Å². The third-order valence-electron chi connectivity index (χ3n) is 8.30. The number of benzene rings is 3. The first kappa shape index (κ1) is 27.7. The molecule has 2 aliphatic heterocycles. The van der Waals surface area contributed by atoms with E-state index in [0.29, 0.717) is 37.2 Å². The van der Waals surface area contributed by atoms with Gasteiger partial charge in [0.15, 0.2) is 0 Å². The van der Waals surface area contributed by atoms with Gasteiger partial charge in [-0.2, -0.15) is 0 Å². The van der Waals surface area contributed by atoms with Gasteiger partial charge in [0.05, 0.1) is 33.7 Å². The number of hydrogen-bond acceptors (Lipinski definition) is 5. The van der Waals surface area contributed by atoms with Gasteiger partial charge in [-0.15, -0.1) is 24.8 Å². The highest BCUT2D eigenvalue weighted by Crippen LogP contribution is 2.44. The Labute approximate surface area is 251 Å². The number of carbonyl (C=O) groups is 3. The number of nitrogens with one attached hydrogen (secondary N) is 2. The van der Waals surface area contributed by atoms with Crippen LogP contribution in [-0.2, 0) is 24.3 Å². The average molecular weight is 601 g/mol. The second kappa shape index (κ2) is 10.1. The molecule has 0 spiro atoms. The maximum absolute atomic E-state index is 13.5. The van der Waals surface area contributed by atoms with E-state index in [0.717, 1.165) is 54.7 Å². The third kappa shape index (κ3) is 3.81. The van der Waals surface area contributed by atoms with E-state index < -0.39 is 6.04 Å². The molecule has 3 aromatic carbocycles. The molecule has 0 unspecified atom stereocenters. The van der Waals surface area contributed by atoms with Crippen molar-refractivity contribution in [1.82, 2.24) is 24.8 Å². The highest BCUT2D eigenvalue weighted by Gasteiger charge is 2.37. The Balaban J connectivity index is 0.00000158. The molecule has 3 amide bonds. The third-order valence-corrected chi connectivity index (χ3v) is 8.30. The Kier molecular flexibility index (Phi) is 6.68. The maximum atomic E-state index is 13.5. The lowest BCUT2D eigenvalue weighted by Crippen LogP contribution is -2.45. The predicted molar refractivity (Wildman–Crippen MR) is 166 cm³/mol. The normalized spacial score (nSPS) is 14.9. The lowest BCUT2D eigenvalue weighted by molar-refractivity contribution is -0.133. The molecule has 4 N–H and O–H groups in total. The number of aromatic amines is 1. The van der Waals surface area contributed by atoms with Gasteiger partial charge in [-0.1, -0.05) is 42.5 Å². The number of pyridine rings is 1. The minimum atomic E-state index is -0.684. The van der Waals surface area contributed by atoms with Gasteiger partial charge in [-0.3, -0.25) is 24.7 Å². The standard InChI is InChI=1S/C31H24N6O3.2ClH/c32-20(13-16-5-4-10-33-14-16)31(40)36-11-12-37-27-17(15-36)6-3-8-19(27)23-25-24(29(38)35-30(25)39)22-18-7-1-2-9-21(18)34-26(22)28(23)37;;/h1-10,14,20,34H,11-13,15,32H2,(H,35,38,39);2*1H/t20-;;/m0../s1. The minimum Gasteiger partial charge on any atom is -0.353 e. The summed E-state index contributed by atoms with van der Waals surface area (Å²) in [5, 5.41) is 5.84. The molecule has 0 saturated heterocycles. The summed E-state index contributed by atoms with van der Waals surface area (Å²) in [6, 6.07) is 16.9. The van der Waals surface area contributed by atoms with Gasteiger partial charge in [-0.25, -0.2) is 0 Å². The van der Waals surface area contributed by atoms with E-state index in [-0.39, 0.29) is 42.5 Å². The van der Waals surface area contributed by atoms with Crippen molar-refractivity contribution in [3.8, 4) is 0 Å². The highest BCUT2D eigenvalue weighted by molar-refractivity contribution is 6.39. The molecule has 9 nitrogen and oxygen atoms in total. The van der Waals surface area contributed by atoms with Gasteiger partial charge in [0, 0.05) is 59.1 Å². The molecule has 2 aliphatic rings. The van der Waals surface area contributed by atoms with E-state index in [9.17, 15) is 14.4 Å². The zero-order valence-electron chi connectivity index (χ0n) is 22.2. The molecule has 0 fully saturated rings. The lowest BCUT2D eigenvalue weighted by Gasteiger charge is -2.24. The van der Waals surface area contributed by atoms with E-state index in [1.807, 2.05) is 59.5 Å². The van der Waals surface area contributed by atoms with Crippen molar-refractivity contribution < 1.29 is 14.4 Å². The Morgan fingerprint density at radius 1 is 0.905 bits per heavy atom. The molecule has 8 rings (SSSR count). The topological polar surface area (TPSA) is 126 Å². The molecule has 6 aromatic rings. The number of carbonyl (C=O) groups excluding carboxylic acids is 3. The summed E-state index contributed by atoms with van der Waals surface area (Å²) >= 11 is 0. The van der Waals surface area contributed by atoms with E-state index in [2.05, 4.69) is 19.9 Å². The summed E-state index contributed by atoms with van der Waals surface area (Å²) in [5.41, 5.74) is 12.7. The first-order valence-electron chi connectivity index (χ1n) is 13.3. The molecule has 1 atom stereocenters. The van der Waals surface area contributed by atoms with E-state index in [1.165, 1.54) is 0 Å². The van der Waals surface area contributed by atoms with E-state index in [4.69, 9.17) is 5.73 Å². The van der Waals surface area contributed by atoms with Gasteiger partial charge in [0.25, 0.3) is 11.8 Å². The summed E-state index contributed by atoms with van der Waals surface area (Å²) in [4.78, 5) is 49.4.